The van der Waals surface area contributed by atoms with Gasteiger partial charge in [-0.05, 0) is 42.0 Å². The van der Waals surface area contributed by atoms with E-state index < -0.39 is 10.1 Å². The topological polar surface area (TPSA) is 63.7 Å². The third-order valence-electron chi connectivity index (χ3n) is 3.45. The molecule has 0 unspecified atom stereocenters. The van der Waals surface area contributed by atoms with Gasteiger partial charge < -0.3 is 9.08 Å². The van der Waals surface area contributed by atoms with Crippen LogP contribution in [0.2, 0.25) is 0 Å². The van der Waals surface area contributed by atoms with Gasteiger partial charge in [-0.1, -0.05) is 32.0 Å². The van der Waals surface area contributed by atoms with Crippen molar-refractivity contribution in [2.24, 2.45) is 5.92 Å². The Morgan fingerprint density at radius 3 is 2.60 bits per heavy atom. The molecule has 1 aromatic carbocycles. The molecule has 1 amide bonds. The largest absolute Gasteiger partial charge is 0.382 e. The van der Waals surface area contributed by atoms with Gasteiger partial charge in [0.25, 0.3) is 5.91 Å². The molecule has 1 heterocycles. The van der Waals surface area contributed by atoms with Crippen LogP contribution in [0.5, 0.6) is 5.75 Å². The Morgan fingerprint density at radius 2 is 2.00 bits per heavy atom. The van der Waals surface area contributed by atoms with Crippen molar-refractivity contribution in [2.45, 2.75) is 27.3 Å². The molecule has 0 saturated heterocycles. The molecule has 1 aromatic heterocycles. The van der Waals surface area contributed by atoms with Crippen molar-refractivity contribution in [3.05, 3.63) is 52.2 Å². The smallest absolute Gasteiger partial charge is 0.308 e. The fraction of sp³-hybridized carbons (Fsp3) is 0.389. The van der Waals surface area contributed by atoms with Crippen LogP contribution in [0.4, 0.5) is 0 Å². The van der Waals surface area contributed by atoms with Crippen LogP contribution in [0, 0.1) is 5.92 Å². The summed E-state index contributed by atoms with van der Waals surface area (Å²) >= 11 is 1.42. The van der Waals surface area contributed by atoms with Gasteiger partial charge in [0.15, 0.2) is 0 Å². The summed E-state index contributed by atoms with van der Waals surface area (Å²) in [6, 6.07) is 10.5. The van der Waals surface area contributed by atoms with E-state index in [2.05, 4.69) is 13.8 Å². The minimum Gasteiger partial charge on any atom is -0.382 e. The first kappa shape index (κ1) is 19.5. The summed E-state index contributed by atoms with van der Waals surface area (Å²) < 4.78 is 28.3. The lowest BCUT2D eigenvalue weighted by atomic mass is 10.1. The highest BCUT2D eigenvalue weighted by Gasteiger charge is 2.19. The minimum absolute atomic E-state index is 0.0174. The fourth-order valence-corrected chi connectivity index (χ4v) is 3.54. The number of rotatable bonds is 8. The molecule has 2 rings (SSSR count). The number of carbonyl (C=O) groups excluding carboxylic acids is 1. The van der Waals surface area contributed by atoms with Crippen LogP contribution in [0.15, 0.2) is 41.8 Å². The zero-order valence-electron chi connectivity index (χ0n) is 14.6. The van der Waals surface area contributed by atoms with E-state index >= 15 is 0 Å². The molecule has 7 heteroatoms. The monoisotopic (exact) mass is 381 g/mol. The average molecular weight is 382 g/mol. The maximum Gasteiger partial charge on any atom is 0.308 e. The molecule has 25 heavy (non-hydrogen) atoms. The summed E-state index contributed by atoms with van der Waals surface area (Å²) in [6.45, 7) is 6.67. The second-order valence-electron chi connectivity index (χ2n) is 6.13. The van der Waals surface area contributed by atoms with Gasteiger partial charge >= 0.3 is 10.1 Å². The highest BCUT2D eigenvalue weighted by atomic mass is 32.2. The van der Waals surface area contributed by atoms with Crippen LogP contribution in [0.25, 0.3) is 0 Å². The summed E-state index contributed by atoms with van der Waals surface area (Å²) in [6.07, 6.45) is 0. The van der Waals surface area contributed by atoms with Gasteiger partial charge in [-0.15, -0.1) is 11.3 Å². The Morgan fingerprint density at radius 1 is 1.24 bits per heavy atom. The lowest BCUT2D eigenvalue weighted by Gasteiger charge is -2.24. The first-order valence-corrected chi connectivity index (χ1v) is 10.6. The maximum atomic E-state index is 12.7. The van der Waals surface area contributed by atoms with Crippen molar-refractivity contribution in [2.75, 3.05) is 12.3 Å². The molecule has 0 spiro atoms. The third-order valence-corrected chi connectivity index (χ3v) is 5.46. The SMILES string of the molecule is CCS(=O)(=O)Oc1cccc(CN(CC(C)C)C(=O)c2cccs2)c1. The predicted molar refractivity (Wildman–Crippen MR) is 100 cm³/mol. The summed E-state index contributed by atoms with van der Waals surface area (Å²) in [4.78, 5) is 15.2. The van der Waals surface area contributed by atoms with Gasteiger partial charge in [0.2, 0.25) is 0 Å². The Labute approximate surface area is 153 Å². The number of nitrogens with zero attached hydrogens (tertiary/aromatic N) is 1. The molecule has 0 N–H and O–H groups in total. The summed E-state index contributed by atoms with van der Waals surface area (Å²) in [7, 11) is -3.57. The fourth-order valence-electron chi connectivity index (χ4n) is 2.34. The molecule has 0 saturated carbocycles. The van der Waals surface area contributed by atoms with Crippen LogP contribution in [0.3, 0.4) is 0 Å². The second-order valence-corrected chi connectivity index (χ2v) is 8.94. The Bertz CT molecular complexity index is 798. The Hall–Kier alpha value is -1.86. The molecular weight excluding hydrogens is 358 g/mol. The molecule has 0 aliphatic carbocycles. The molecule has 2 aromatic rings. The lowest BCUT2D eigenvalue weighted by Crippen LogP contribution is -2.33. The van der Waals surface area contributed by atoms with E-state index in [0.29, 0.717) is 23.9 Å². The standard InChI is InChI=1S/C18H23NO4S2/c1-4-25(21,22)23-16-8-5-7-15(11-16)13-19(12-14(2)3)18(20)17-9-6-10-24-17/h5-11,14H,4,12-13H2,1-3H3. The van der Waals surface area contributed by atoms with Gasteiger partial charge in [0.1, 0.15) is 5.75 Å². The normalized spacial score (nSPS) is 11.5. The number of thiophene rings is 1. The average Bonchev–Trinajstić information content (AvgIpc) is 3.07. The highest BCUT2D eigenvalue weighted by Crippen LogP contribution is 2.20. The molecule has 0 fully saturated rings. The maximum absolute atomic E-state index is 12.7. The summed E-state index contributed by atoms with van der Waals surface area (Å²) in [5.41, 5.74) is 0.828. The van der Waals surface area contributed by atoms with Crippen LogP contribution in [-0.4, -0.2) is 31.5 Å². The minimum atomic E-state index is -3.57. The van der Waals surface area contributed by atoms with Gasteiger partial charge in [0, 0.05) is 13.1 Å². The molecule has 5 nitrogen and oxygen atoms in total. The van der Waals surface area contributed by atoms with Gasteiger partial charge in [0.05, 0.1) is 10.6 Å². The predicted octanol–water partition coefficient (Wildman–Crippen LogP) is 3.78. The van der Waals surface area contributed by atoms with Crippen molar-refractivity contribution in [1.82, 2.24) is 4.90 Å². The van der Waals surface area contributed by atoms with Crippen molar-refractivity contribution in [1.29, 1.82) is 0 Å². The van der Waals surface area contributed by atoms with Gasteiger partial charge in [-0.2, -0.15) is 8.42 Å². The molecular formula is C18H23NO4S2. The van der Waals surface area contributed by atoms with E-state index in [4.69, 9.17) is 4.18 Å². The number of amides is 1. The van der Waals surface area contributed by atoms with Crippen molar-refractivity contribution >= 4 is 27.4 Å². The molecule has 136 valence electrons. The van der Waals surface area contributed by atoms with E-state index in [1.54, 1.807) is 23.1 Å². The van der Waals surface area contributed by atoms with Gasteiger partial charge in [-0.3, -0.25) is 4.79 Å². The lowest BCUT2D eigenvalue weighted by molar-refractivity contribution is 0.0727. The Kier molecular flexibility index (Phi) is 6.61. The number of carbonyl (C=O) groups is 1. The summed E-state index contributed by atoms with van der Waals surface area (Å²) in [5.74, 6) is 0.487. The van der Waals surface area contributed by atoms with E-state index in [1.807, 2.05) is 23.6 Å². The van der Waals surface area contributed by atoms with Crippen LogP contribution < -0.4 is 4.18 Å². The van der Waals surface area contributed by atoms with E-state index in [-0.39, 0.29) is 17.4 Å². The van der Waals surface area contributed by atoms with Crippen LogP contribution in [-0.2, 0) is 16.7 Å². The van der Waals surface area contributed by atoms with Crippen molar-refractivity contribution < 1.29 is 17.4 Å². The number of hydrogen-bond acceptors (Lipinski definition) is 5. The number of hydrogen-bond donors (Lipinski definition) is 0. The van der Waals surface area contributed by atoms with Gasteiger partial charge in [-0.25, -0.2) is 0 Å². The summed E-state index contributed by atoms with van der Waals surface area (Å²) in [5, 5.41) is 1.88. The second kappa shape index (κ2) is 8.49. The quantitative estimate of drug-likeness (QED) is 0.653. The first-order chi connectivity index (χ1) is 11.8. The van der Waals surface area contributed by atoms with Crippen molar-refractivity contribution in [3.8, 4) is 5.75 Å². The molecule has 0 aliphatic heterocycles. The zero-order valence-corrected chi connectivity index (χ0v) is 16.3. The molecule has 0 atom stereocenters. The third kappa shape index (κ3) is 5.86. The van der Waals surface area contributed by atoms with Crippen molar-refractivity contribution in [3.63, 3.8) is 0 Å². The Balaban J connectivity index is 2.19. The highest BCUT2D eigenvalue weighted by molar-refractivity contribution is 7.87. The van der Waals surface area contributed by atoms with Crippen LogP contribution >= 0.6 is 11.3 Å². The van der Waals surface area contributed by atoms with E-state index in [1.165, 1.54) is 18.3 Å². The molecule has 0 radical (unpaired) electrons. The first-order valence-electron chi connectivity index (χ1n) is 8.14. The molecule has 0 aliphatic rings. The van der Waals surface area contributed by atoms with Crippen LogP contribution in [0.1, 0.15) is 36.0 Å². The molecule has 0 bridgehead atoms. The number of benzene rings is 1. The zero-order chi connectivity index (χ0) is 18.4. The van der Waals surface area contributed by atoms with E-state index in [9.17, 15) is 13.2 Å². The van der Waals surface area contributed by atoms with E-state index in [0.717, 1.165) is 5.56 Å².